The second-order valence-electron chi connectivity index (χ2n) is 3.85. The molecule has 4 nitrogen and oxygen atoms in total. The topological polar surface area (TPSA) is 50.1 Å². The number of aliphatic hydroxyl groups excluding tert-OH is 1. The molecule has 0 aromatic carbocycles. The molecule has 16 heavy (non-hydrogen) atoms. The number of thioether (sulfide) groups is 1. The van der Waals surface area contributed by atoms with Crippen molar-refractivity contribution < 1.29 is 5.11 Å². The van der Waals surface area contributed by atoms with E-state index in [1.165, 1.54) is 0 Å². The summed E-state index contributed by atoms with van der Waals surface area (Å²) in [5.74, 6) is 0. The van der Waals surface area contributed by atoms with E-state index in [0.717, 1.165) is 19.5 Å². The van der Waals surface area contributed by atoms with Crippen LogP contribution in [0.25, 0.3) is 0 Å². The van der Waals surface area contributed by atoms with Gasteiger partial charge in [0, 0.05) is 30.2 Å². The summed E-state index contributed by atoms with van der Waals surface area (Å²) in [7, 11) is 0. The molecule has 2 N–H and O–H groups in total. The highest BCUT2D eigenvalue weighted by Gasteiger charge is 2.13. The van der Waals surface area contributed by atoms with Crippen molar-refractivity contribution in [2.75, 3.05) is 19.4 Å². The van der Waals surface area contributed by atoms with Gasteiger partial charge in [0.1, 0.15) is 0 Å². The first-order chi connectivity index (χ1) is 7.77. The van der Waals surface area contributed by atoms with Gasteiger partial charge in [-0.25, -0.2) is 4.98 Å². The zero-order chi connectivity index (χ0) is 11.8. The minimum atomic E-state index is 0.233. The standard InChI is InChI=1S/C11H21N3OS/c1-10(11(8-15)16-2)13-4-3-6-14-7-5-12-9-14/h5,7,9-11,13,15H,3-4,6,8H2,1-2H3. The molecule has 0 spiro atoms. The SMILES string of the molecule is CSC(CO)C(C)NCCCn1ccnc1. The number of nitrogens with one attached hydrogen (secondary N) is 1. The van der Waals surface area contributed by atoms with Crippen molar-refractivity contribution in [3.8, 4) is 0 Å². The number of hydrogen-bond acceptors (Lipinski definition) is 4. The summed E-state index contributed by atoms with van der Waals surface area (Å²) in [6.07, 6.45) is 8.72. The number of aromatic nitrogens is 2. The lowest BCUT2D eigenvalue weighted by molar-refractivity contribution is 0.276. The Morgan fingerprint density at radius 1 is 1.56 bits per heavy atom. The highest BCUT2D eigenvalue weighted by molar-refractivity contribution is 7.99. The normalized spacial score (nSPS) is 14.9. The summed E-state index contributed by atoms with van der Waals surface area (Å²) in [4.78, 5) is 4.00. The Morgan fingerprint density at radius 3 is 2.94 bits per heavy atom. The van der Waals surface area contributed by atoms with Crippen LogP contribution >= 0.6 is 11.8 Å². The third kappa shape index (κ3) is 4.55. The van der Waals surface area contributed by atoms with E-state index in [1.807, 2.05) is 18.8 Å². The molecule has 92 valence electrons. The average Bonchev–Trinajstić information content (AvgIpc) is 2.79. The minimum absolute atomic E-state index is 0.233. The molecule has 0 aliphatic carbocycles. The third-order valence-electron chi connectivity index (χ3n) is 2.66. The van der Waals surface area contributed by atoms with Gasteiger partial charge in [0.15, 0.2) is 0 Å². The van der Waals surface area contributed by atoms with Gasteiger partial charge in [-0.2, -0.15) is 11.8 Å². The molecule has 2 atom stereocenters. The van der Waals surface area contributed by atoms with Gasteiger partial charge in [0.2, 0.25) is 0 Å². The van der Waals surface area contributed by atoms with Crippen molar-refractivity contribution >= 4 is 11.8 Å². The molecule has 0 aliphatic rings. The Bertz CT molecular complexity index is 262. The van der Waals surface area contributed by atoms with E-state index < -0.39 is 0 Å². The first kappa shape index (κ1) is 13.5. The first-order valence-electron chi connectivity index (χ1n) is 5.60. The van der Waals surface area contributed by atoms with Crippen LogP contribution in [0.15, 0.2) is 18.7 Å². The minimum Gasteiger partial charge on any atom is -0.395 e. The van der Waals surface area contributed by atoms with Gasteiger partial charge >= 0.3 is 0 Å². The number of imidazole rings is 1. The van der Waals surface area contributed by atoms with Crippen LogP contribution in [0.3, 0.4) is 0 Å². The van der Waals surface area contributed by atoms with Gasteiger partial charge in [-0.15, -0.1) is 0 Å². The molecular weight excluding hydrogens is 222 g/mol. The van der Waals surface area contributed by atoms with E-state index in [4.69, 9.17) is 5.11 Å². The van der Waals surface area contributed by atoms with Crippen molar-refractivity contribution in [2.24, 2.45) is 0 Å². The largest absolute Gasteiger partial charge is 0.395 e. The molecular formula is C11H21N3OS. The summed E-state index contributed by atoms with van der Waals surface area (Å²) in [6, 6.07) is 0.350. The average molecular weight is 243 g/mol. The van der Waals surface area contributed by atoms with E-state index in [2.05, 4.69) is 21.8 Å². The van der Waals surface area contributed by atoms with E-state index >= 15 is 0 Å². The Morgan fingerprint density at radius 2 is 2.38 bits per heavy atom. The Hall–Kier alpha value is -0.520. The fourth-order valence-corrected chi connectivity index (χ4v) is 2.23. The first-order valence-corrected chi connectivity index (χ1v) is 6.89. The molecule has 1 aromatic heterocycles. The van der Waals surface area contributed by atoms with Crippen molar-refractivity contribution in [2.45, 2.75) is 31.2 Å². The number of hydrogen-bond donors (Lipinski definition) is 2. The second-order valence-corrected chi connectivity index (χ2v) is 4.93. The highest BCUT2D eigenvalue weighted by Crippen LogP contribution is 2.09. The van der Waals surface area contributed by atoms with Crippen molar-refractivity contribution in [1.29, 1.82) is 0 Å². The molecule has 0 bridgehead atoms. The summed E-state index contributed by atoms with van der Waals surface area (Å²) >= 11 is 1.71. The van der Waals surface area contributed by atoms with Crippen molar-refractivity contribution in [3.63, 3.8) is 0 Å². The number of aliphatic hydroxyl groups is 1. The van der Waals surface area contributed by atoms with Gasteiger partial charge in [0.05, 0.1) is 12.9 Å². The summed E-state index contributed by atoms with van der Waals surface area (Å²) in [6.45, 7) is 4.31. The van der Waals surface area contributed by atoms with Gasteiger partial charge < -0.3 is 15.0 Å². The maximum absolute atomic E-state index is 9.13. The van der Waals surface area contributed by atoms with Crippen LogP contribution in [0.5, 0.6) is 0 Å². The van der Waals surface area contributed by atoms with Gasteiger partial charge in [-0.3, -0.25) is 0 Å². The number of aryl methyl sites for hydroxylation is 1. The molecule has 0 fully saturated rings. The molecule has 1 rings (SSSR count). The lowest BCUT2D eigenvalue weighted by Gasteiger charge is -2.21. The van der Waals surface area contributed by atoms with Crippen LogP contribution in [0.2, 0.25) is 0 Å². The Balaban J connectivity index is 2.10. The monoisotopic (exact) mass is 243 g/mol. The molecule has 1 heterocycles. The predicted molar refractivity (Wildman–Crippen MR) is 68.7 cm³/mol. The second kappa shape index (κ2) is 7.70. The van der Waals surface area contributed by atoms with Crippen LogP contribution < -0.4 is 5.32 Å². The van der Waals surface area contributed by atoms with Gasteiger partial charge in [-0.05, 0) is 26.1 Å². The quantitative estimate of drug-likeness (QED) is 0.668. The zero-order valence-corrected chi connectivity index (χ0v) is 10.8. The van der Waals surface area contributed by atoms with Gasteiger partial charge in [-0.1, -0.05) is 0 Å². The molecule has 0 radical (unpaired) electrons. The van der Waals surface area contributed by atoms with Crippen molar-refractivity contribution in [1.82, 2.24) is 14.9 Å². The lowest BCUT2D eigenvalue weighted by Crippen LogP contribution is -2.38. The predicted octanol–water partition coefficient (Wildman–Crippen LogP) is 0.975. The fourth-order valence-electron chi connectivity index (χ4n) is 1.58. The van der Waals surface area contributed by atoms with Crippen LogP contribution in [-0.4, -0.2) is 45.4 Å². The van der Waals surface area contributed by atoms with Crippen LogP contribution in [0.1, 0.15) is 13.3 Å². The molecule has 2 unspecified atom stereocenters. The summed E-state index contributed by atoms with van der Waals surface area (Å²) in [5, 5.41) is 12.8. The summed E-state index contributed by atoms with van der Waals surface area (Å²) in [5.41, 5.74) is 0. The van der Waals surface area contributed by atoms with Crippen LogP contribution in [0.4, 0.5) is 0 Å². The fraction of sp³-hybridized carbons (Fsp3) is 0.727. The molecule has 0 saturated heterocycles. The molecule has 0 aliphatic heterocycles. The van der Waals surface area contributed by atoms with E-state index in [0.29, 0.717) is 6.04 Å². The molecule has 5 heteroatoms. The molecule has 1 aromatic rings. The Kier molecular flexibility index (Phi) is 6.52. The maximum atomic E-state index is 9.13. The van der Waals surface area contributed by atoms with E-state index in [-0.39, 0.29) is 11.9 Å². The van der Waals surface area contributed by atoms with Crippen LogP contribution in [-0.2, 0) is 6.54 Å². The maximum Gasteiger partial charge on any atom is 0.0945 e. The molecule has 0 amide bonds. The highest BCUT2D eigenvalue weighted by atomic mass is 32.2. The van der Waals surface area contributed by atoms with E-state index in [1.54, 1.807) is 18.0 Å². The number of nitrogens with zero attached hydrogens (tertiary/aromatic N) is 2. The van der Waals surface area contributed by atoms with E-state index in [9.17, 15) is 0 Å². The smallest absolute Gasteiger partial charge is 0.0945 e. The summed E-state index contributed by atoms with van der Waals surface area (Å²) < 4.78 is 2.07. The Labute approximate surface area is 101 Å². The molecule has 0 saturated carbocycles. The number of rotatable bonds is 8. The van der Waals surface area contributed by atoms with Gasteiger partial charge in [0.25, 0.3) is 0 Å². The zero-order valence-electron chi connectivity index (χ0n) is 9.97. The third-order valence-corrected chi connectivity index (χ3v) is 3.82. The van der Waals surface area contributed by atoms with Crippen LogP contribution in [0, 0.1) is 0 Å². The van der Waals surface area contributed by atoms with Crippen molar-refractivity contribution in [3.05, 3.63) is 18.7 Å². The lowest BCUT2D eigenvalue weighted by atomic mass is 10.2.